The molecular weight excluding hydrogens is 324 g/mol. The van der Waals surface area contributed by atoms with Crippen molar-refractivity contribution in [1.82, 2.24) is 0 Å². The van der Waals surface area contributed by atoms with Gasteiger partial charge in [0.2, 0.25) is 0 Å². The Morgan fingerprint density at radius 1 is 0.833 bits per heavy atom. The van der Waals surface area contributed by atoms with Gasteiger partial charge < -0.3 is 0 Å². The lowest BCUT2D eigenvalue weighted by atomic mass is 9.98. The number of para-hydroxylation sites is 2. The number of anilines is 2. The topological polar surface area (TPSA) is 57.7 Å². The number of hydrogen-bond acceptors (Lipinski definition) is 4. The van der Waals surface area contributed by atoms with Crippen molar-refractivity contribution in [2.75, 3.05) is 9.80 Å². The third-order valence-electron chi connectivity index (χ3n) is 3.75. The fourth-order valence-corrected chi connectivity index (χ4v) is 3.02. The van der Waals surface area contributed by atoms with Gasteiger partial charge in [-0.15, -0.1) is 0 Å². The molecule has 0 unspecified atom stereocenters. The highest BCUT2D eigenvalue weighted by Gasteiger charge is 2.47. The highest BCUT2D eigenvalue weighted by atomic mass is 32.1. The van der Waals surface area contributed by atoms with Gasteiger partial charge >= 0.3 is 0 Å². The molecule has 0 spiro atoms. The normalized spacial score (nSPS) is 15.8. The van der Waals surface area contributed by atoms with Gasteiger partial charge in [0, 0.05) is 0 Å². The van der Waals surface area contributed by atoms with Gasteiger partial charge in [-0.1, -0.05) is 36.4 Å². The Hall–Kier alpha value is -2.86. The van der Waals surface area contributed by atoms with Crippen LogP contribution in [0.25, 0.3) is 0 Å². The van der Waals surface area contributed by atoms with Crippen LogP contribution in [0.4, 0.5) is 11.4 Å². The van der Waals surface area contributed by atoms with Crippen molar-refractivity contribution in [3.63, 3.8) is 0 Å². The van der Waals surface area contributed by atoms with E-state index in [1.165, 1.54) is 16.7 Å². The van der Waals surface area contributed by atoms with Gasteiger partial charge in [-0.3, -0.25) is 24.2 Å². The maximum absolute atomic E-state index is 12.7. The molecular formula is C18H14N2O3S. The minimum atomic E-state index is -1.39. The summed E-state index contributed by atoms with van der Waals surface area (Å²) in [6, 6.07) is 17.5. The van der Waals surface area contributed by atoms with Crippen molar-refractivity contribution in [3.8, 4) is 0 Å². The molecule has 2 aromatic rings. The van der Waals surface area contributed by atoms with Crippen LogP contribution < -0.4 is 9.80 Å². The Bertz CT molecular complexity index is 759. The first-order valence-electron chi connectivity index (χ1n) is 7.35. The number of nitrogens with zero attached hydrogens (tertiary/aromatic N) is 2. The molecule has 5 nitrogen and oxygen atoms in total. The first kappa shape index (κ1) is 16.0. The molecule has 0 bridgehead atoms. The highest BCUT2D eigenvalue weighted by molar-refractivity contribution is 7.81. The molecule has 24 heavy (non-hydrogen) atoms. The van der Waals surface area contributed by atoms with E-state index in [1.54, 1.807) is 48.5 Å². The smallest absolute Gasteiger partial charge is 0.253 e. The third kappa shape index (κ3) is 2.61. The second-order valence-electron chi connectivity index (χ2n) is 5.34. The van der Waals surface area contributed by atoms with Gasteiger partial charge in [0.1, 0.15) is 0 Å². The summed E-state index contributed by atoms with van der Waals surface area (Å²) in [6.45, 7) is 1.24. The minimum Gasteiger partial charge on any atom is -0.299 e. The molecule has 6 heteroatoms. The largest absolute Gasteiger partial charge is 0.299 e. The van der Waals surface area contributed by atoms with E-state index in [1.807, 2.05) is 12.1 Å². The van der Waals surface area contributed by atoms with Crippen LogP contribution in [-0.2, 0) is 14.4 Å². The Kier molecular flexibility index (Phi) is 4.22. The van der Waals surface area contributed by atoms with Gasteiger partial charge in [-0.05, 0) is 43.4 Å². The predicted octanol–water partition coefficient (Wildman–Crippen LogP) is 2.56. The van der Waals surface area contributed by atoms with Crippen molar-refractivity contribution < 1.29 is 14.4 Å². The van der Waals surface area contributed by atoms with Crippen LogP contribution in [0.5, 0.6) is 0 Å². The first-order chi connectivity index (χ1) is 11.5. The quantitative estimate of drug-likeness (QED) is 0.637. The number of rotatable bonds is 3. The summed E-state index contributed by atoms with van der Waals surface area (Å²) in [5.74, 6) is -3.13. The van der Waals surface area contributed by atoms with Crippen molar-refractivity contribution >= 4 is 46.3 Å². The molecule has 2 amide bonds. The van der Waals surface area contributed by atoms with E-state index < -0.39 is 23.5 Å². The number of amides is 2. The van der Waals surface area contributed by atoms with E-state index in [2.05, 4.69) is 0 Å². The number of carbonyl (C=O) groups is 3. The standard InChI is InChI=1S/C18H14N2O3S/c1-12(21)15-16(22)19(13-8-4-2-5-9-13)18(24)20(17(15)23)14-10-6-3-7-11-14/h2-11,15H,1H3. The second-order valence-corrected chi connectivity index (χ2v) is 5.71. The van der Waals surface area contributed by atoms with Gasteiger partial charge in [-0.25, -0.2) is 0 Å². The van der Waals surface area contributed by atoms with E-state index in [0.717, 1.165) is 0 Å². The number of thiocarbonyl (C=S) groups is 1. The number of ketones is 1. The maximum atomic E-state index is 12.7. The lowest BCUT2D eigenvalue weighted by Crippen LogP contribution is -2.61. The van der Waals surface area contributed by atoms with Crippen LogP contribution >= 0.6 is 12.2 Å². The summed E-state index contributed by atoms with van der Waals surface area (Å²) < 4.78 is 0. The Labute approximate surface area is 144 Å². The summed E-state index contributed by atoms with van der Waals surface area (Å²) >= 11 is 5.41. The predicted molar refractivity (Wildman–Crippen MR) is 94.6 cm³/mol. The fourth-order valence-electron chi connectivity index (χ4n) is 2.63. The minimum absolute atomic E-state index is 0.0416. The van der Waals surface area contributed by atoms with E-state index in [0.29, 0.717) is 11.4 Å². The van der Waals surface area contributed by atoms with E-state index >= 15 is 0 Å². The second kappa shape index (κ2) is 6.33. The van der Waals surface area contributed by atoms with Crippen LogP contribution in [0.3, 0.4) is 0 Å². The molecule has 1 aliphatic heterocycles. The summed E-state index contributed by atoms with van der Waals surface area (Å²) in [5, 5.41) is 0.0416. The molecule has 2 aromatic carbocycles. The average molecular weight is 338 g/mol. The molecule has 1 saturated heterocycles. The monoisotopic (exact) mass is 338 g/mol. The zero-order valence-corrected chi connectivity index (χ0v) is 13.7. The fraction of sp³-hybridized carbons (Fsp3) is 0.111. The van der Waals surface area contributed by atoms with E-state index in [4.69, 9.17) is 12.2 Å². The molecule has 0 aliphatic carbocycles. The zero-order chi connectivity index (χ0) is 17.3. The molecule has 0 saturated carbocycles. The molecule has 0 radical (unpaired) electrons. The van der Waals surface area contributed by atoms with E-state index in [9.17, 15) is 14.4 Å². The number of benzene rings is 2. The summed E-state index contributed by atoms with van der Waals surface area (Å²) in [5.41, 5.74) is 1.04. The van der Waals surface area contributed by atoms with Crippen molar-refractivity contribution in [3.05, 3.63) is 60.7 Å². The third-order valence-corrected chi connectivity index (χ3v) is 4.12. The molecule has 1 aliphatic rings. The average Bonchev–Trinajstić information content (AvgIpc) is 2.56. The highest BCUT2D eigenvalue weighted by Crippen LogP contribution is 2.29. The maximum Gasteiger partial charge on any atom is 0.253 e. The van der Waals surface area contributed by atoms with E-state index in [-0.39, 0.29) is 5.11 Å². The van der Waals surface area contributed by atoms with Crippen molar-refractivity contribution in [2.45, 2.75) is 6.92 Å². The molecule has 1 heterocycles. The molecule has 120 valence electrons. The Balaban J connectivity index is 2.13. The summed E-state index contributed by atoms with van der Waals surface area (Å²) in [7, 11) is 0. The van der Waals surface area contributed by atoms with Gasteiger partial charge in [0.05, 0.1) is 11.4 Å². The summed E-state index contributed by atoms with van der Waals surface area (Å²) in [4.78, 5) is 39.9. The van der Waals surface area contributed by atoms with Crippen LogP contribution in [-0.4, -0.2) is 22.7 Å². The summed E-state index contributed by atoms with van der Waals surface area (Å²) in [6.07, 6.45) is 0. The number of hydrogen-bond donors (Lipinski definition) is 0. The zero-order valence-electron chi connectivity index (χ0n) is 12.9. The van der Waals surface area contributed by atoms with Crippen molar-refractivity contribution in [1.29, 1.82) is 0 Å². The van der Waals surface area contributed by atoms with Gasteiger partial charge in [-0.2, -0.15) is 0 Å². The molecule has 0 atom stereocenters. The number of Topliss-reactive ketones (excluding diaryl/α,β-unsaturated/α-hetero) is 1. The van der Waals surface area contributed by atoms with Crippen LogP contribution in [0.2, 0.25) is 0 Å². The first-order valence-corrected chi connectivity index (χ1v) is 7.75. The molecule has 3 rings (SSSR count). The lowest BCUT2D eigenvalue weighted by Gasteiger charge is -2.38. The van der Waals surface area contributed by atoms with Crippen LogP contribution in [0, 0.1) is 5.92 Å². The lowest BCUT2D eigenvalue weighted by molar-refractivity contribution is -0.138. The van der Waals surface area contributed by atoms with Crippen LogP contribution in [0.15, 0.2) is 60.7 Å². The Morgan fingerprint density at radius 3 is 1.54 bits per heavy atom. The van der Waals surface area contributed by atoms with Crippen molar-refractivity contribution in [2.24, 2.45) is 5.92 Å². The SMILES string of the molecule is CC(=O)C1C(=O)N(c2ccccc2)C(=S)N(c2ccccc2)C1=O. The molecule has 0 N–H and O–H groups in total. The number of carbonyl (C=O) groups excluding carboxylic acids is 3. The molecule has 0 aromatic heterocycles. The van der Waals surface area contributed by atoms with Gasteiger partial charge in [0.15, 0.2) is 16.8 Å². The Morgan fingerprint density at radius 2 is 1.21 bits per heavy atom. The molecule has 1 fully saturated rings. The van der Waals surface area contributed by atoms with Gasteiger partial charge in [0.25, 0.3) is 11.8 Å². The van der Waals surface area contributed by atoms with Crippen LogP contribution in [0.1, 0.15) is 6.92 Å².